The Hall–Kier alpha value is -2.33. The normalized spacial score (nSPS) is 19.6. The van der Waals surface area contributed by atoms with Gasteiger partial charge in [0.15, 0.2) is 0 Å². The van der Waals surface area contributed by atoms with Crippen molar-refractivity contribution in [2.75, 3.05) is 18.0 Å². The zero-order valence-electron chi connectivity index (χ0n) is 14.5. The largest absolute Gasteiger partial charge is 0.337 e. The number of fused-ring (bicyclic) bond motifs is 1. The van der Waals surface area contributed by atoms with E-state index < -0.39 is 0 Å². The van der Waals surface area contributed by atoms with Crippen LogP contribution in [-0.2, 0) is 22.6 Å². The molecule has 2 heterocycles. The highest BCUT2D eigenvalue weighted by molar-refractivity contribution is 6.31. The van der Waals surface area contributed by atoms with Crippen LogP contribution in [0.1, 0.15) is 24.0 Å². The first-order valence-corrected chi connectivity index (χ1v) is 9.42. The van der Waals surface area contributed by atoms with Crippen molar-refractivity contribution in [1.29, 1.82) is 0 Å². The van der Waals surface area contributed by atoms with Crippen LogP contribution in [0.3, 0.4) is 0 Å². The second-order valence-corrected chi connectivity index (χ2v) is 7.40. The first kappa shape index (κ1) is 17.1. The van der Waals surface area contributed by atoms with E-state index in [1.807, 2.05) is 47.4 Å². The van der Waals surface area contributed by atoms with Gasteiger partial charge in [-0.05, 0) is 36.1 Å². The third kappa shape index (κ3) is 3.21. The molecule has 26 heavy (non-hydrogen) atoms. The summed E-state index contributed by atoms with van der Waals surface area (Å²) in [5, 5.41) is 0.653. The van der Waals surface area contributed by atoms with Gasteiger partial charge < -0.3 is 9.80 Å². The zero-order valence-corrected chi connectivity index (χ0v) is 15.3. The van der Waals surface area contributed by atoms with Crippen LogP contribution in [-0.4, -0.2) is 29.8 Å². The lowest BCUT2D eigenvalue weighted by Crippen LogP contribution is -2.40. The fourth-order valence-corrected chi connectivity index (χ4v) is 4.10. The van der Waals surface area contributed by atoms with Crippen LogP contribution in [0.25, 0.3) is 0 Å². The minimum atomic E-state index is -0.281. The first-order valence-electron chi connectivity index (χ1n) is 9.04. The molecule has 0 bridgehead atoms. The van der Waals surface area contributed by atoms with Crippen LogP contribution in [0.2, 0.25) is 5.02 Å². The lowest BCUT2D eigenvalue weighted by molar-refractivity contribution is -0.128. The summed E-state index contributed by atoms with van der Waals surface area (Å²) in [7, 11) is 0. The molecule has 1 atom stereocenters. The van der Waals surface area contributed by atoms with Gasteiger partial charge in [-0.15, -0.1) is 0 Å². The number of anilines is 1. The summed E-state index contributed by atoms with van der Waals surface area (Å²) in [4.78, 5) is 29.2. The number of hydrogen-bond acceptors (Lipinski definition) is 2. The molecule has 2 aromatic carbocycles. The van der Waals surface area contributed by atoms with Crippen LogP contribution in [0, 0.1) is 5.92 Å². The molecule has 2 aliphatic heterocycles. The second kappa shape index (κ2) is 7.12. The van der Waals surface area contributed by atoms with E-state index in [-0.39, 0.29) is 24.2 Å². The van der Waals surface area contributed by atoms with Crippen molar-refractivity contribution >= 4 is 29.1 Å². The van der Waals surface area contributed by atoms with Crippen molar-refractivity contribution in [3.05, 3.63) is 64.7 Å². The molecule has 134 valence electrons. The highest BCUT2D eigenvalue weighted by Crippen LogP contribution is 2.31. The minimum Gasteiger partial charge on any atom is -0.337 e. The van der Waals surface area contributed by atoms with Gasteiger partial charge in [-0.3, -0.25) is 9.59 Å². The molecule has 1 unspecified atom stereocenters. The highest BCUT2D eigenvalue weighted by atomic mass is 35.5. The Morgan fingerprint density at radius 1 is 1.12 bits per heavy atom. The summed E-state index contributed by atoms with van der Waals surface area (Å²) < 4.78 is 0. The van der Waals surface area contributed by atoms with E-state index >= 15 is 0 Å². The van der Waals surface area contributed by atoms with Gasteiger partial charge in [-0.25, -0.2) is 0 Å². The number of amides is 2. The van der Waals surface area contributed by atoms with Crippen molar-refractivity contribution in [3.8, 4) is 0 Å². The third-order valence-corrected chi connectivity index (χ3v) is 5.63. The van der Waals surface area contributed by atoms with E-state index in [2.05, 4.69) is 6.07 Å². The average molecular weight is 369 g/mol. The molecule has 2 aliphatic rings. The molecule has 4 rings (SSSR count). The van der Waals surface area contributed by atoms with Gasteiger partial charge in [0, 0.05) is 36.8 Å². The fourth-order valence-electron chi connectivity index (χ4n) is 3.91. The van der Waals surface area contributed by atoms with E-state index in [0.29, 0.717) is 18.1 Å². The van der Waals surface area contributed by atoms with Crippen molar-refractivity contribution in [2.45, 2.75) is 25.8 Å². The van der Waals surface area contributed by atoms with Crippen LogP contribution in [0.5, 0.6) is 0 Å². The average Bonchev–Trinajstić information content (AvgIpc) is 3.03. The standard InChI is InChI=1S/C21H21ClN2O2/c22-18-9-3-1-7-16(18)13-23-14-17(12-20(23)25)21(26)24-11-5-8-15-6-2-4-10-19(15)24/h1-4,6-7,9-10,17H,5,8,11-14H2. The molecule has 0 N–H and O–H groups in total. The van der Waals surface area contributed by atoms with E-state index in [4.69, 9.17) is 11.6 Å². The molecule has 2 amide bonds. The van der Waals surface area contributed by atoms with Crippen molar-refractivity contribution in [2.24, 2.45) is 5.92 Å². The van der Waals surface area contributed by atoms with Gasteiger partial charge in [0.25, 0.3) is 0 Å². The predicted molar refractivity (Wildman–Crippen MR) is 102 cm³/mol. The quantitative estimate of drug-likeness (QED) is 0.829. The van der Waals surface area contributed by atoms with Crippen LogP contribution in [0.15, 0.2) is 48.5 Å². The Kier molecular flexibility index (Phi) is 4.68. The summed E-state index contributed by atoms with van der Waals surface area (Å²) in [6, 6.07) is 15.6. The van der Waals surface area contributed by atoms with Gasteiger partial charge >= 0.3 is 0 Å². The Morgan fingerprint density at radius 2 is 1.88 bits per heavy atom. The van der Waals surface area contributed by atoms with Gasteiger partial charge in [0.05, 0.1) is 5.92 Å². The molecule has 2 aromatic rings. The molecule has 0 spiro atoms. The number of carbonyl (C=O) groups excluding carboxylic acids is 2. The number of rotatable bonds is 3. The SMILES string of the molecule is O=C1CC(C(=O)N2CCCc3ccccc32)CN1Cc1ccccc1Cl. The molecule has 5 heteroatoms. The van der Waals surface area contributed by atoms with Gasteiger partial charge in [-0.2, -0.15) is 0 Å². The lowest BCUT2D eigenvalue weighted by atomic mass is 9.99. The number of para-hydroxylation sites is 1. The number of halogens is 1. The van der Waals surface area contributed by atoms with Crippen molar-refractivity contribution in [3.63, 3.8) is 0 Å². The zero-order chi connectivity index (χ0) is 18.1. The Morgan fingerprint density at radius 3 is 2.73 bits per heavy atom. The molecule has 4 nitrogen and oxygen atoms in total. The van der Waals surface area contributed by atoms with E-state index in [9.17, 15) is 9.59 Å². The summed E-state index contributed by atoms with van der Waals surface area (Å²) in [5.74, 6) is -0.197. The first-order chi connectivity index (χ1) is 12.6. The Bertz CT molecular complexity index is 851. The molecule has 1 fully saturated rings. The predicted octanol–water partition coefficient (Wildman–Crippen LogP) is 3.67. The molecule has 0 aromatic heterocycles. The van der Waals surface area contributed by atoms with Crippen LogP contribution >= 0.6 is 11.6 Å². The number of hydrogen-bond donors (Lipinski definition) is 0. The summed E-state index contributed by atoms with van der Waals surface area (Å²) in [6.07, 6.45) is 2.25. The smallest absolute Gasteiger partial charge is 0.232 e. The number of carbonyl (C=O) groups is 2. The summed E-state index contributed by atoms with van der Waals surface area (Å²) >= 11 is 6.21. The number of likely N-dealkylation sites (tertiary alicyclic amines) is 1. The van der Waals surface area contributed by atoms with Gasteiger partial charge in [0.2, 0.25) is 11.8 Å². The maximum Gasteiger partial charge on any atom is 0.232 e. The molecular weight excluding hydrogens is 348 g/mol. The summed E-state index contributed by atoms with van der Waals surface area (Å²) in [6.45, 7) is 1.64. The molecule has 0 aliphatic carbocycles. The number of aryl methyl sites for hydroxylation is 1. The Labute approximate surface area is 158 Å². The van der Waals surface area contributed by atoms with E-state index in [1.54, 1.807) is 4.90 Å². The lowest BCUT2D eigenvalue weighted by Gasteiger charge is -2.31. The van der Waals surface area contributed by atoms with E-state index in [0.717, 1.165) is 30.6 Å². The van der Waals surface area contributed by atoms with Crippen molar-refractivity contribution < 1.29 is 9.59 Å². The minimum absolute atomic E-state index is 0.0218. The summed E-state index contributed by atoms with van der Waals surface area (Å²) in [5.41, 5.74) is 3.13. The fraction of sp³-hybridized carbons (Fsp3) is 0.333. The highest BCUT2D eigenvalue weighted by Gasteiger charge is 2.37. The molecular formula is C21H21ClN2O2. The van der Waals surface area contributed by atoms with Gasteiger partial charge in [0.1, 0.15) is 0 Å². The van der Waals surface area contributed by atoms with Gasteiger partial charge in [-0.1, -0.05) is 48.0 Å². The van der Waals surface area contributed by atoms with Crippen molar-refractivity contribution in [1.82, 2.24) is 4.90 Å². The third-order valence-electron chi connectivity index (χ3n) is 5.26. The maximum atomic E-state index is 13.1. The Balaban J connectivity index is 1.49. The monoisotopic (exact) mass is 368 g/mol. The molecule has 0 radical (unpaired) electrons. The number of nitrogens with zero attached hydrogens (tertiary/aromatic N) is 2. The number of benzene rings is 2. The second-order valence-electron chi connectivity index (χ2n) is 6.99. The maximum absolute atomic E-state index is 13.1. The van der Waals surface area contributed by atoms with E-state index in [1.165, 1.54) is 5.56 Å². The van der Waals surface area contributed by atoms with Crippen LogP contribution < -0.4 is 4.90 Å². The molecule has 0 saturated carbocycles. The van der Waals surface area contributed by atoms with Crippen LogP contribution in [0.4, 0.5) is 5.69 Å². The molecule has 1 saturated heterocycles. The topological polar surface area (TPSA) is 40.6 Å².